The standard InChI is InChI=1S/C11H13ClF2N2O2/c1-2-18-8(17)4-6-3-7(5-15)9(11(13)14)16-10(6)12/h3,11H,2,4-5,15H2,1H3. The minimum Gasteiger partial charge on any atom is -0.466 e. The van der Waals surface area contributed by atoms with Crippen molar-refractivity contribution in [2.45, 2.75) is 26.3 Å². The number of carbonyl (C=O) groups excluding carboxylic acids is 1. The van der Waals surface area contributed by atoms with Crippen LogP contribution in [0.5, 0.6) is 0 Å². The highest BCUT2D eigenvalue weighted by molar-refractivity contribution is 6.30. The van der Waals surface area contributed by atoms with E-state index in [4.69, 9.17) is 22.1 Å². The SMILES string of the molecule is CCOC(=O)Cc1cc(CN)c(C(F)F)nc1Cl. The van der Waals surface area contributed by atoms with E-state index in [1.165, 1.54) is 6.07 Å². The molecule has 0 bridgehead atoms. The van der Waals surface area contributed by atoms with Gasteiger partial charge < -0.3 is 10.5 Å². The van der Waals surface area contributed by atoms with Gasteiger partial charge in [0, 0.05) is 12.1 Å². The third kappa shape index (κ3) is 3.61. The third-order valence-corrected chi connectivity index (χ3v) is 2.56. The number of carbonyl (C=O) groups is 1. The van der Waals surface area contributed by atoms with Crippen LogP contribution >= 0.6 is 11.6 Å². The largest absolute Gasteiger partial charge is 0.466 e. The fourth-order valence-corrected chi connectivity index (χ4v) is 1.65. The van der Waals surface area contributed by atoms with Crippen molar-refractivity contribution in [2.24, 2.45) is 5.73 Å². The van der Waals surface area contributed by atoms with Crippen LogP contribution in [0.4, 0.5) is 8.78 Å². The molecule has 0 radical (unpaired) electrons. The van der Waals surface area contributed by atoms with Crippen LogP contribution < -0.4 is 5.73 Å². The summed E-state index contributed by atoms with van der Waals surface area (Å²) >= 11 is 5.75. The summed E-state index contributed by atoms with van der Waals surface area (Å²) in [5.41, 5.74) is 5.42. The maximum atomic E-state index is 12.6. The van der Waals surface area contributed by atoms with Gasteiger partial charge in [0.15, 0.2) is 0 Å². The molecule has 0 atom stereocenters. The molecule has 0 spiro atoms. The Morgan fingerprint density at radius 1 is 1.56 bits per heavy atom. The van der Waals surface area contributed by atoms with Gasteiger partial charge >= 0.3 is 5.97 Å². The van der Waals surface area contributed by atoms with E-state index in [0.29, 0.717) is 5.56 Å². The topological polar surface area (TPSA) is 65.2 Å². The third-order valence-electron chi connectivity index (χ3n) is 2.23. The number of halogens is 3. The molecule has 0 aliphatic rings. The minimum absolute atomic E-state index is 0.0976. The molecule has 2 N–H and O–H groups in total. The molecule has 0 saturated heterocycles. The van der Waals surface area contributed by atoms with E-state index in [1.54, 1.807) is 6.92 Å². The van der Waals surface area contributed by atoms with Crippen molar-refractivity contribution >= 4 is 17.6 Å². The second-order valence-electron chi connectivity index (χ2n) is 3.47. The zero-order valence-corrected chi connectivity index (χ0v) is 10.5. The van der Waals surface area contributed by atoms with Crippen molar-refractivity contribution in [1.29, 1.82) is 0 Å². The Morgan fingerprint density at radius 3 is 2.72 bits per heavy atom. The summed E-state index contributed by atoms with van der Waals surface area (Å²) in [5.74, 6) is -0.492. The first-order valence-electron chi connectivity index (χ1n) is 5.31. The number of hydrogen-bond donors (Lipinski definition) is 1. The van der Waals surface area contributed by atoms with E-state index in [1.807, 2.05) is 0 Å². The monoisotopic (exact) mass is 278 g/mol. The summed E-state index contributed by atoms with van der Waals surface area (Å²) in [7, 11) is 0. The normalized spacial score (nSPS) is 10.8. The summed E-state index contributed by atoms with van der Waals surface area (Å²) in [6.07, 6.45) is -2.87. The van der Waals surface area contributed by atoms with Gasteiger partial charge in [-0.15, -0.1) is 0 Å². The molecular formula is C11H13ClF2N2O2. The number of aromatic nitrogens is 1. The van der Waals surface area contributed by atoms with Gasteiger partial charge in [0.05, 0.1) is 13.0 Å². The Hall–Kier alpha value is -1.27. The number of pyridine rings is 1. The van der Waals surface area contributed by atoms with Gasteiger partial charge in [0.25, 0.3) is 6.43 Å². The first-order chi connectivity index (χ1) is 8.49. The van der Waals surface area contributed by atoms with E-state index in [0.717, 1.165) is 0 Å². The van der Waals surface area contributed by atoms with Gasteiger partial charge in [0.2, 0.25) is 0 Å². The van der Waals surface area contributed by atoms with Crippen LogP contribution in [0, 0.1) is 0 Å². The lowest BCUT2D eigenvalue weighted by atomic mass is 10.1. The highest BCUT2D eigenvalue weighted by atomic mass is 35.5. The average Bonchev–Trinajstić information content (AvgIpc) is 2.31. The van der Waals surface area contributed by atoms with Gasteiger partial charge in [-0.05, 0) is 18.6 Å². The van der Waals surface area contributed by atoms with Gasteiger partial charge in [0.1, 0.15) is 10.8 Å². The highest BCUT2D eigenvalue weighted by Gasteiger charge is 2.18. The summed E-state index contributed by atoms with van der Waals surface area (Å²) in [6.45, 7) is 1.81. The molecule has 0 amide bonds. The van der Waals surface area contributed by atoms with E-state index in [9.17, 15) is 13.6 Å². The van der Waals surface area contributed by atoms with Crippen molar-refractivity contribution in [1.82, 2.24) is 4.98 Å². The maximum absolute atomic E-state index is 12.6. The fraction of sp³-hybridized carbons (Fsp3) is 0.455. The molecule has 7 heteroatoms. The maximum Gasteiger partial charge on any atom is 0.310 e. The number of esters is 1. The first-order valence-corrected chi connectivity index (χ1v) is 5.69. The predicted octanol–water partition coefficient (Wildman–Crippen LogP) is 2.24. The van der Waals surface area contributed by atoms with Crippen LogP contribution in [0.2, 0.25) is 5.15 Å². The van der Waals surface area contributed by atoms with E-state index in [2.05, 4.69) is 4.98 Å². The molecule has 0 aromatic carbocycles. The molecular weight excluding hydrogens is 266 g/mol. The lowest BCUT2D eigenvalue weighted by Gasteiger charge is -2.10. The quantitative estimate of drug-likeness (QED) is 0.663. The Labute approximate surface area is 108 Å². The van der Waals surface area contributed by atoms with Crippen LogP contribution in [-0.4, -0.2) is 17.6 Å². The van der Waals surface area contributed by atoms with Crippen LogP contribution in [0.3, 0.4) is 0 Å². The van der Waals surface area contributed by atoms with Gasteiger partial charge in [-0.1, -0.05) is 11.6 Å². The van der Waals surface area contributed by atoms with Crippen LogP contribution in [0.15, 0.2) is 6.07 Å². The van der Waals surface area contributed by atoms with Gasteiger partial charge in [-0.2, -0.15) is 0 Å². The molecule has 1 aromatic rings. The molecule has 0 unspecified atom stereocenters. The Kier molecular flexibility index (Phi) is 5.43. The first kappa shape index (κ1) is 14.8. The van der Waals surface area contributed by atoms with Crippen LogP contribution in [0.25, 0.3) is 0 Å². The second kappa shape index (κ2) is 6.61. The number of alkyl halides is 2. The lowest BCUT2D eigenvalue weighted by molar-refractivity contribution is -0.142. The van der Waals surface area contributed by atoms with Crippen LogP contribution in [0.1, 0.15) is 30.2 Å². The smallest absolute Gasteiger partial charge is 0.310 e. The lowest BCUT2D eigenvalue weighted by Crippen LogP contribution is -2.11. The molecule has 18 heavy (non-hydrogen) atoms. The Bertz CT molecular complexity index is 441. The van der Waals surface area contributed by atoms with Crippen molar-refractivity contribution in [3.05, 3.63) is 28.0 Å². The van der Waals surface area contributed by atoms with Crippen LogP contribution in [-0.2, 0) is 22.5 Å². The van der Waals surface area contributed by atoms with E-state index >= 15 is 0 Å². The molecule has 1 heterocycles. The zero-order valence-electron chi connectivity index (χ0n) is 9.75. The van der Waals surface area contributed by atoms with Gasteiger partial charge in [-0.3, -0.25) is 4.79 Å². The minimum atomic E-state index is -2.75. The van der Waals surface area contributed by atoms with Crippen molar-refractivity contribution in [3.63, 3.8) is 0 Å². The summed E-state index contributed by atoms with van der Waals surface area (Å²) in [5, 5.41) is -0.129. The van der Waals surface area contributed by atoms with Crippen molar-refractivity contribution < 1.29 is 18.3 Å². The summed E-state index contributed by atoms with van der Waals surface area (Å²) in [4.78, 5) is 14.9. The number of rotatable bonds is 5. The predicted molar refractivity (Wildman–Crippen MR) is 62.4 cm³/mol. The molecule has 4 nitrogen and oxygen atoms in total. The number of ether oxygens (including phenoxy) is 1. The average molecular weight is 279 g/mol. The number of nitrogens with two attached hydrogens (primary N) is 1. The summed E-state index contributed by atoms with van der Waals surface area (Å²) < 4.78 is 30.0. The van der Waals surface area contributed by atoms with E-state index < -0.39 is 18.1 Å². The molecule has 0 saturated carbocycles. The van der Waals surface area contributed by atoms with Crippen molar-refractivity contribution in [2.75, 3.05) is 6.61 Å². The molecule has 0 fully saturated rings. The highest BCUT2D eigenvalue weighted by Crippen LogP contribution is 2.25. The Balaban J connectivity index is 3.04. The van der Waals surface area contributed by atoms with Crippen molar-refractivity contribution in [3.8, 4) is 0 Å². The van der Waals surface area contributed by atoms with Gasteiger partial charge in [-0.25, -0.2) is 13.8 Å². The molecule has 0 aliphatic carbocycles. The molecule has 100 valence electrons. The molecule has 1 rings (SSSR count). The zero-order chi connectivity index (χ0) is 13.7. The number of nitrogens with zero attached hydrogens (tertiary/aromatic N) is 1. The number of hydrogen-bond acceptors (Lipinski definition) is 4. The summed E-state index contributed by atoms with van der Waals surface area (Å²) in [6, 6.07) is 1.37. The Morgan fingerprint density at radius 2 is 2.22 bits per heavy atom. The van der Waals surface area contributed by atoms with E-state index in [-0.39, 0.29) is 30.3 Å². The second-order valence-corrected chi connectivity index (χ2v) is 3.83. The fourth-order valence-electron chi connectivity index (χ4n) is 1.44. The molecule has 1 aromatic heterocycles. The molecule has 0 aliphatic heterocycles.